The van der Waals surface area contributed by atoms with Crippen LogP contribution >= 0.6 is 0 Å². The van der Waals surface area contributed by atoms with Gasteiger partial charge in [0.05, 0.1) is 0 Å². The largest absolute Gasteiger partial charge is 0.476 e. The van der Waals surface area contributed by atoms with Crippen LogP contribution in [-0.4, -0.2) is 23.6 Å². The number of esters is 1. The quantitative estimate of drug-likeness (QED) is 0.754. The summed E-state index contributed by atoms with van der Waals surface area (Å²) in [5, 5.41) is 2.73. The third kappa shape index (κ3) is 6.09. The van der Waals surface area contributed by atoms with E-state index >= 15 is 0 Å². The zero-order chi connectivity index (χ0) is 20.0. The molecule has 0 saturated heterocycles. The minimum absolute atomic E-state index is 0.329. The highest BCUT2D eigenvalue weighted by atomic mass is 19.1. The van der Waals surface area contributed by atoms with Crippen LogP contribution in [0.1, 0.15) is 31.9 Å². The number of aryl methyl sites for hydroxylation is 1. The van der Waals surface area contributed by atoms with Crippen LogP contribution in [0.4, 0.5) is 4.39 Å². The molecule has 0 aliphatic rings. The number of hydrogen-bond donors (Lipinski definition) is 1. The highest BCUT2D eigenvalue weighted by molar-refractivity contribution is 5.86. The standard InChI is InChI=1S/C21H24FNO4/c1-14-5-7-16(8-6-14)13-23-19(24)15(2)26-20(25)21(3,4)27-18-11-9-17(22)10-12-18/h5-12,15H,13H2,1-4H3,(H,23,24)/t15-/m0/s1. The molecule has 0 spiro atoms. The topological polar surface area (TPSA) is 64.6 Å². The van der Waals surface area contributed by atoms with Crippen molar-refractivity contribution < 1.29 is 23.5 Å². The fraction of sp³-hybridized carbons (Fsp3) is 0.333. The molecular weight excluding hydrogens is 349 g/mol. The van der Waals surface area contributed by atoms with Crippen LogP contribution in [0.5, 0.6) is 5.75 Å². The summed E-state index contributed by atoms with van der Waals surface area (Å²) in [5.41, 5.74) is 0.756. The molecule has 0 unspecified atom stereocenters. The summed E-state index contributed by atoms with van der Waals surface area (Å²) in [4.78, 5) is 24.5. The van der Waals surface area contributed by atoms with Gasteiger partial charge in [-0.2, -0.15) is 0 Å². The molecule has 27 heavy (non-hydrogen) atoms. The number of halogens is 1. The van der Waals surface area contributed by atoms with Crippen LogP contribution < -0.4 is 10.1 Å². The van der Waals surface area contributed by atoms with Crippen molar-refractivity contribution in [1.82, 2.24) is 5.32 Å². The summed E-state index contributed by atoms with van der Waals surface area (Å²) in [6.07, 6.45) is -0.973. The van der Waals surface area contributed by atoms with Crippen molar-refractivity contribution in [3.05, 3.63) is 65.5 Å². The fourth-order valence-electron chi connectivity index (χ4n) is 2.23. The van der Waals surface area contributed by atoms with Gasteiger partial charge in [0.15, 0.2) is 11.7 Å². The zero-order valence-corrected chi connectivity index (χ0v) is 15.9. The Hall–Kier alpha value is -2.89. The Morgan fingerprint density at radius 2 is 1.67 bits per heavy atom. The third-order valence-corrected chi connectivity index (χ3v) is 3.92. The molecule has 0 radical (unpaired) electrons. The lowest BCUT2D eigenvalue weighted by Crippen LogP contribution is -2.44. The van der Waals surface area contributed by atoms with E-state index in [-0.39, 0.29) is 0 Å². The van der Waals surface area contributed by atoms with Crippen LogP contribution in [0, 0.1) is 12.7 Å². The molecule has 0 saturated carbocycles. The number of benzene rings is 2. The first-order chi connectivity index (χ1) is 12.7. The molecule has 0 heterocycles. The Kier molecular flexibility index (Phi) is 6.55. The Labute approximate surface area is 158 Å². The van der Waals surface area contributed by atoms with Gasteiger partial charge >= 0.3 is 5.97 Å². The SMILES string of the molecule is Cc1ccc(CNC(=O)[C@H](C)OC(=O)C(C)(C)Oc2ccc(F)cc2)cc1. The summed E-state index contributed by atoms with van der Waals surface area (Å²) in [5.74, 6) is -1.16. The zero-order valence-electron chi connectivity index (χ0n) is 15.9. The second-order valence-corrected chi connectivity index (χ2v) is 6.82. The van der Waals surface area contributed by atoms with Crippen LogP contribution in [0.15, 0.2) is 48.5 Å². The van der Waals surface area contributed by atoms with Crippen molar-refractivity contribution in [2.45, 2.75) is 45.9 Å². The van der Waals surface area contributed by atoms with E-state index in [4.69, 9.17) is 9.47 Å². The van der Waals surface area contributed by atoms with Gasteiger partial charge in [0.25, 0.3) is 5.91 Å². The first kappa shape index (κ1) is 20.4. The maximum Gasteiger partial charge on any atom is 0.350 e. The number of amides is 1. The second kappa shape index (κ2) is 8.66. The lowest BCUT2D eigenvalue weighted by atomic mass is 10.1. The molecule has 1 N–H and O–H groups in total. The molecular formula is C21H24FNO4. The minimum Gasteiger partial charge on any atom is -0.476 e. The number of ether oxygens (including phenoxy) is 2. The van der Waals surface area contributed by atoms with Crippen molar-refractivity contribution in [2.24, 2.45) is 0 Å². The van der Waals surface area contributed by atoms with Crippen molar-refractivity contribution in [2.75, 3.05) is 0 Å². The highest BCUT2D eigenvalue weighted by Crippen LogP contribution is 2.20. The van der Waals surface area contributed by atoms with Gasteiger partial charge in [0.1, 0.15) is 11.6 Å². The van der Waals surface area contributed by atoms with Gasteiger partial charge in [-0.25, -0.2) is 9.18 Å². The average Bonchev–Trinajstić information content (AvgIpc) is 2.62. The van der Waals surface area contributed by atoms with E-state index in [1.54, 1.807) is 0 Å². The van der Waals surface area contributed by atoms with Crippen molar-refractivity contribution in [3.63, 3.8) is 0 Å². The first-order valence-electron chi connectivity index (χ1n) is 8.66. The van der Waals surface area contributed by atoms with E-state index in [2.05, 4.69) is 5.32 Å². The van der Waals surface area contributed by atoms with E-state index in [0.717, 1.165) is 11.1 Å². The minimum atomic E-state index is -1.33. The van der Waals surface area contributed by atoms with Gasteiger partial charge in [-0.1, -0.05) is 29.8 Å². The predicted octanol–water partition coefficient (Wildman–Crippen LogP) is 3.54. The predicted molar refractivity (Wildman–Crippen MR) is 99.7 cm³/mol. The molecule has 0 aliphatic carbocycles. The van der Waals surface area contributed by atoms with E-state index in [0.29, 0.717) is 12.3 Å². The molecule has 0 aliphatic heterocycles. The molecule has 0 bridgehead atoms. The highest BCUT2D eigenvalue weighted by Gasteiger charge is 2.34. The maximum atomic E-state index is 13.0. The Balaban J connectivity index is 1.87. The molecule has 2 aromatic rings. The van der Waals surface area contributed by atoms with E-state index in [1.807, 2.05) is 31.2 Å². The average molecular weight is 373 g/mol. The molecule has 6 heteroatoms. The molecule has 144 valence electrons. The van der Waals surface area contributed by atoms with Crippen LogP contribution in [-0.2, 0) is 20.9 Å². The molecule has 2 rings (SSSR count). The van der Waals surface area contributed by atoms with Crippen LogP contribution in [0.3, 0.4) is 0 Å². The second-order valence-electron chi connectivity index (χ2n) is 6.82. The summed E-state index contributed by atoms with van der Waals surface area (Å²) < 4.78 is 23.8. The molecule has 2 aromatic carbocycles. The smallest absolute Gasteiger partial charge is 0.350 e. The van der Waals surface area contributed by atoms with Crippen molar-refractivity contribution in [1.29, 1.82) is 0 Å². The third-order valence-electron chi connectivity index (χ3n) is 3.92. The maximum absolute atomic E-state index is 13.0. The Morgan fingerprint density at radius 3 is 2.26 bits per heavy atom. The fourth-order valence-corrected chi connectivity index (χ4v) is 2.23. The molecule has 5 nitrogen and oxygen atoms in total. The van der Waals surface area contributed by atoms with E-state index < -0.39 is 29.4 Å². The first-order valence-corrected chi connectivity index (χ1v) is 8.66. The van der Waals surface area contributed by atoms with Gasteiger partial charge in [-0.05, 0) is 57.5 Å². The summed E-state index contributed by atoms with van der Waals surface area (Å²) >= 11 is 0. The lowest BCUT2D eigenvalue weighted by Gasteiger charge is -2.26. The normalized spacial score (nSPS) is 12.2. The number of nitrogens with one attached hydrogen (secondary N) is 1. The molecule has 0 aromatic heterocycles. The van der Waals surface area contributed by atoms with Gasteiger partial charge in [-0.15, -0.1) is 0 Å². The summed E-state index contributed by atoms with van der Waals surface area (Å²) in [6.45, 7) is 6.87. The van der Waals surface area contributed by atoms with Crippen LogP contribution in [0.25, 0.3) is 0 Å². The van der Waals surface area contributed by atoms with Gasteiger partial charge in [0, 0.05) is 6.54 Å². The van der Waals surface area contributed by atoms with E-state index in [9.17, 15) is 14.0 Å². The molecule has 1 atom stereocenters. The van der Waals surface area contributed by atoms with Gasteiger partial charge in [-0.3, -0.25) is 4.79 Å². The van der Waals surface area contributed by atoms with Crippen LogP contribution in [0.2, 0.25) is 0 Å². The number of carbonyl (C=O) groups excluding carboxylic acids is 2. The monoisotopic (exact) mass is 373 g/mol. The number of rotatable bonds is 7. The summed E-state index contributed by atoms with van der Waals surface area (Å²) in [7, 11) is 0. The van der Waals surface area contributed by atoms with Gasteiger partial charge in [0.2, 0.25) is 0 Å². The summed E-state index contributed by atoms with van der Waals surface area (Å²) in [6, 6.07) is 13.1. The Bertz CT molecular complexity index is 785. The molecule has 1 amide bonds. The molecule has 0 fully saturated rings. The number of hydrogen-bond acceptors (Lipinski definition) is 4. The van der Waals surface area contributed by atoms with E-state index in [1.165, 1.54) is 45.0 Å². The van der Waals surface area contributed by atoms with Crippen molar-refractivity contribution >= 4 is 11.9 Å². The van der Waals surface area contributed by atoms with Gasteiger partial charge < -0.3 is 14.8 Å². The number of carbonyl (C=O) groups is 2. The Morgan fingerprint density at radius 1 is 1.07 bits per heavy atom. The van der Waals surface area contributed by atoms with Crippen molar-refractivity contribution in [3.8, 4) is 5.75 Å². The lowest BCUT2D eigenvalue weighted by molar-refractivity contribution is -0.167.